The van der Waals surface area contributed by atoms with Gasteiger partial charge in [-0.3, -0.25) is 0 Å². The van der Waals surface area contributed by atoms with E-state index in [2.05, 4.69) is 48.5 Å². The van der Waals surface area contributed by atoms with E-state index in [1.54, 1.807) is 0 Å². The van der Waals surface area contributed by atoms with Crippen molar-refractivity contribution in [1.29, 1.82) is 5.41 Å². The van der Waals surface area contributed by atoms with Crippen LogP contribution in [0.4, 0.5) is 0 Å². The molecule has 1 spiro atoms. The fraction of sp³-hybridized carbons (Fsp3) is 0.458. The molecular weight excluding hydrogens is 302 g/mol. The SMILES string of the molecule is N=C1c2cc(C3CC3)ccc2CC12CCC(Cc1ccccc1)CC2. The molecule has 5 rings (SSSR count). The number of nitrogens with one attached hydrogen (secondary N) is 1. The average molecular weight is 329 g/mol. The summed E-state index contributed by atoms with van der Waals surface area (Å²) in [7, 11) is 0. The Balaban J connectivity index is 1.30. The standard InChI is InChI=1S/C24H27N/c25-23-22-15-20(19-6-7-19)8-9-21(22)16-24(23)12-10-18(11-13-24)14-17-4-2-1-3-5-17/h1-5,8-9,15,18-19,25H,6-7,10-14,16H2. The quantitative estimate of drug-likeness (QED) is 0.724. The summed E-state index contributed by atoms with van der Waals surface area (Å²) in [6.07, 6.45) is 9.99. The molecule has 2 saturated carbocycles. The molecule has 0 radical (unpaired) electrons. The number of fused-ring (bicyclic) bond motifs is 1. The van der Waals surface area contributed by atoms with E-state index in [0.717, 1.165) is 24.0 Å². The molecule has 0 unspecified atom stereocenters. The summed E-state index contributed by atoms with van der Waals surface area (Å²) in [6.45, 7) is 0. The van der Waals surface area contributed by atoms with E-state index in [0.29, 0.717) is 0 Å². The second kappa shape index (κ2) is 5.83. The molecule has 2 fully saturated rings. The molecule has 0 amide bonds. The maximum absolute atomic E-state index is 8.92. The Labute approximate surface area is 151 Å². The lowest BCUT2D eigenvalue weighted by Crippen LogP contribution is -2.33. The highest BCUT2D eigenvalue weighted by molar-refractivity contribution is 6.07. The van der Waals surface area contributed by atoms with Crippen LogP contribution in [0.1, 0.15) is 66.7 Å². The van der Waals surface area contributed by atoms with Gasteiger partial charge in [-0.05, 0) is 91.5 Å². The van der Waals surface area contributed by atoms with Gasteiger partial charge in [0.25, 0.3) is 0 Å². The number of hydrogen-bond acceptors (Lipinski definition) is 1. The van der Waals surface area contributed by atoms with Crippen LogP contribution < -0.4 is 0 Å². The molecule has 25 heavy (non-hydrogen) atoms. The third-order valence-electron chi connectivity index (χ3n) is 6.94. The molecule has 2 aromatic carbocycles. The van der Waals surface area contributed by atoms with Crippen LogP contribution in [-0.2, 0) is 12.8 Å². The topological polar surface area (TPSA) is 23.9 Å². The van der Waals surface area contributed by atoms with E-state index >= 15 is 0 Å². The second-order valence-electron chi connectivity index (χ2n) is 8.66. The zero-order valence-corrected chi connectivity index (χ0v) is 14.9. The molecule has 128 valence electrons. The molecule has 1 N–H and O–H groups in total. The van der Waals surface area contributed by atoms with E-state index < -0.39 is 0 Å². The monoisotopic (exact) mass is 329 g/mol. The van der Waals surface area contributed by atoms with Gasteiger partial charge in [-0.2, -0.15) is 0 Å². The van der Waals surface area contributed by atoms with Gasteiger partial charge in [0, 0.05) is 11.1 Å². The lowest BCUT2D eigenvalue weighted by atomic mass is 9.67. The summed E-state index contributed by atoms with van der Waals surface area (Å²) in [5.41, 5.74) is 6.79. The Hall–Kier alpha value is -1.89. The van der Waals surface area contributed by atoms with Gasteiger partial charge in [0.05, 0.1) is 0 Å². The summed E-state index contributed by atoms with van der Waals surface area (Å²) in [4.78, 5) is 0. The predicted octanol–water partition coefficient (Wildman–Crippen LogP) is 5.91. The van der Waals surface area contributed by atoms with Crippen LogP contribution in [0.25, 0.3) is 0 Å². The normalized spacial score (nSPS) is 28.3. The van der Waals surface area contributed by atoms with Crippen molar-refractivity contribution in [2.45, 2.75) is 57.3 Å². The maximum atomic E-state index is 8.92. The van der Waals surface area contributed by atoms with Gasteiger partial charge in [-0.15, -0.1) is 0 Å². The maximum Gasteiger partial charge on any atom is 0.0454 e. The lowest BCUT2D eigenvalue weighted by Gasteiger charge is -2.37. The Kier molecular flexibility index (Phi) is 3.58. The van der Waals surface area contributed by atoms with Crippen molar-refractivity contribution in [3.05, 3.63) is 70.8 Å². The molecule has 3 aliphatic carbocycles. The number of rotatable bonds is 3. The van der Waals surface area contributed by atoms with Gasteiger partial charge in [0.1, 0.15) is 0 Å². The van der Waals surface area contributed by atoms with Crippen molar-refractivity contribution in [2.75, 3.05) is 0 Å². The van der Waals surface area contributed by atoms with E-state index in [1.807, 2.05) is 0 Å². The van der Waals surface area contributed by atoms with Crippen LogP contribution in [0.15, 0.2) is 48.5 Å². The first-order chi connectivity index (χ1) is 12.2. The second-order valence-corrected chi connectivity index (χ2v) is 8.66. The molecule has 0 atom stereocenters. The molecule has 1 nitrogen and oxygen atoms in total. The van der Waals surface area contributed by atoms with Crippen molar-refractivity contribution in [2.24, 2.45) is 11.3 Å². The molecule has 0 aromatic heterocycles. The fourth-order valence-electron chi connectivity index (χ4n) is 5.20. The van der Waals surface area contributed by atoms with Gasteiger partial charge in [-0.1, -0.05) is 42.5 Å². The van der Waals surface area contributed by atoms with Gasteiger partial charge in [0.15, 0.2) is 0 Å². The number of benzene rings is 2. The van der Waals surface area contributed by atoms with E-state index in [9.17, 15) is 0 Å². The van der Waals surface area contributed by atoms with Crippen LogP contribution in [-0.4, -0.2) is 5.71 Å². The Morgan fingerprint density at radius 1 is 0.920 bits per heavy atom. The molecule has 0 bridgehead atoms. The van der Waals surface area contributed by atoms with Crippen LogP contribution >= 0.6 is 0 Å². The minimum atomic E-state index is 0.150. The Morgan fingerprint density at radius 2 is 1.68 bits per heavy atom. The summed E-state index contributed by atoms with van der Waals surface area (Å²) in [5, 5.41) is 8.92. The van der Waals surface area contributed by atoms with Crippen molar-refractivity contribution < 1.29 is 0 Å². The Morgan fingerprint density at radius 3 is 2.40 bits per heavy atom. The fourth-order valence-corrected chi connectivity index (χ4v) is 5.20. The predicted molar refractivity (Wildman–Crippen MR) is 103 cm³/mol. The van der Waals surface area contributed by atoms with Crippen LogP contribution in [0.5, 0.6) is 0 Å². The largest absolute Gasteiger partial charge is 0.304 e. The van der Waals surface area contributed by atoms with E-state index in [-0.39, 0.29) is 5.41 Å². The van der Waals surface area contributed by atoms with E-state index in [4.69, 9.17) is 5.41 Å². The summed E-state index contributed by atoms with van der Waals surface area (Å²) >= 11 is 0. The third kappa shape index (κ3) is 2.74. The first kappa shape index (κ1) is 15.4. The highest BCUT2D eigenvalue weighted by Crippen LogP contribution is 2.50. The smallest absolute Gasteiger partial charge is 0.0454 e. The Bertz CT molecular complexity index is 792. The molecule has 0 heterocycles. The zero-order chi connectivity index (χ0) is 16.9. The van der Waals surface area contributed by atoms with Gasteiger partial charge in [0.2, 0.25) is 0 Å². The van der Waals surface area contributed by atoms with Crippen molar-refractivity contribution >= 4 is 5.71 Å². The first-order valence-corrected chi connectivity index (χ1v) is 10.00. The van der Waals surface area contributed by atoms with Gasteiger partial charge >= 0.3 is 0 Å². The molecule has 0 aliphatic heterocycles. The molecular formula is C24H27N. The lowest BCUT2D eigenvalue weighted by molar-refractivity contribution is 0.225. The highest BCUT2D eigenvalue weighted by Gasteiger charge is 2.44. The van der Waals surface area contributed by atoms with Crippen molar-refractivity contribution in [3.8, 4) is 0 Å². The minimum absolute atomic E-state index is 0.150. The molecule has 2 aromatic rings. The number of hydrogen-bond donors (Lipinski definition) is 1. The van der Waals surface area contributed by atoms with Gasteiger partial charge in [-0.25, -0.2) is 0 Å². The van der Waals surface area contributed by atoms with Crippen molar-refractivity contribution in [3.63, 3.8) is 0 Å². The molecule has 3 aliphatic rings. The molecule has 1 heteroatoms. The average Bonchev–Trinajstić information content (AvgIpc) is 3.46. The minimum Gasteiger partial charge on any atom is -0.304 e. The van der Waals surface area contributed by atoms with Crippen LogP contribution in [0, 0.1) is 16.7 Å². The van der Waals surface area contributed by atoms with Crippen LogP contribution in [0.2, 0.25) is 0 Å². The van der Waals surface area contributed by atoms with E-state index in [1.165, 1.54) is 67.2 Å². The summed E-state index contributed by atoms with van der Waals surface area (Å²) < 4.78 is 0. The van der Waals surface area contributed by atoms with Gasteiger partial charge < -0.3 is 5.41 Å². The zero-order valence-electron chi connectivity index (χ0n) is 14.9. The van der Waals surface area contributed by atoms with Crippen molar-refractivity contribution in [1.82, 2.24) is 0 Å². The van der Waals surface area contributed by atoms with Crippen LogP contribution in [0.3, 0.4) is 0 Å². The third-order valence-corrected chi connectivity index (χ3v) is 6.94. The highest BCUT2D eigenvalue weighted by atomic mass is 14.6. The summed E-state index contributed by atoms with van der Waals surface area (Å²) in [5.74, 6) is 1.59. The summed E-state index contributed by atoms with van der Waals surface area (Å²) in [6, 6.07) is 18.0. The first-order valence-electron chi connectivity index (χ1n) is 10.00. The molecule has 0 saturated heterocycles.